The lowest BCUT2D eigenvalue weighted by Gasteiger charge is -2.07. The minimum Gasteiger partial charge on any atom is -0.492 e. The van der Waals surface area contributed by atoms with Crippen LogP contribution in [0.1, 0.15) is 13.3 Å². The molecule has 0 spiro atoms. The van der Waals surface area contributed by atoms with Gasteiger partial charge in [0.15, 0.2) is 0 Å². The minimum absolute atomic E-state index is 0.721. The normalized spacial score (nSPS) is 10.6. The number of hydrogen-bond acceptors (Lipinski definition) is 2. The van der Waals surface area contributed by atoms with E-state index in [0.29, 0.717) is 0 Å². The molecule has 0 unspecified atom stereocenters. The molecule has 0 aromatic heterocycles. The fraction of sp³-hybridized carbons (Fsp3) is 0.333. The predicted molar refractivity (Wildman–Crippen MR) is 72.6 cm³/mol. The third kappa shape index (κ3) is 3.46. The predicted octanol–water partition coefficient (Wildman–Crippen LogP) is 3.22. The van der Waals surface area contributed by atoms with E-state index in [-0.39, 0.29) is 0 Å². The fourth-order valence-corrected chi connectivity index (χ4v) is 1.80. The summed E-state index contributed by atoms with van der Waals surface area (Å²) in [4.78, 5) is 0. The van der Waals surface area contributed by atoms with Crippen LogP contribution in [0.4, 0.5) is 0 Å². The van der Waals surface area contributed by atoms with Crippen molar-refractivity contribution in [2.45, 2.75) is 13.3 Å². The van der Waals surface area contributed by atoms with Crippen LogP contribution < -0.4 is 10.1 Å². The zero-order valence-electron chi connectivity index (χ0n) is 10.3. The molecule has 2 rings (SSSR count). The molecule has 2 nitrogen and oxygen atoms in total. The van der Waals surface area contributed by atoms with E-state index >= 15 is 0 Å². The summed E-state index contributed by atoms with van der Waals surface area (Å²) in [6.45, 7) is 4.84. The zero-order valence-corrected chi connectivity index (χ0v) is 10.3. The van der Waals surface area contributed by atoms with Gasteiger partial charge in [0.1, 0.15) is 12.4 Å². The van der Waals surface area contributed by atoms with E-state index in [1.54, 1.807) is 0 Å². The van der Waals surface area contributed by atoms with Crippen LogP contribution in [0.3, 0.4) is 0 Å². The molecule has 0 aliphatic heterocycles. The van der Waals surface area contributed by atoms with Crippen molar-refractivity contribution in [3.05, 3.63) is 42.5 Å². The first-order valence-corrected chi connectivity index (χ1v) is 6.22. The second-order valence-corrected chi connectivity index (χ2v) is 4.11. The average molecular weight is 229 g/mol. The van der Waals surface area contributed by atoms with E-state index < -0.39 is 0 Å². The van der Waals surface area contributed by atoms with Gasteiger partial charge in [-0.1, -0.05) is 37.3 Å². The molecule has 17 heavy (non-hydrogen) atoms. The highest BCUT2D eigenvalue weighted by Crippen LogP contribution is 2.20. The van der Waals surface area contributed by atoms with Crippen molar-refractivity contribution in [2.75, 3.05) is 19.7 Å². The number of fused-ring (bicyclic) bond motifs is 1. The molecule has 0 saturated carbocycles. The molecular weight excluding hydrogens is 210 g/mol. The van der Waals surface area contributed by atoms with Gasteiger partial charge in [0.2, 0.25) is 0 Å². The quantitative estimate of drug-likeness (QED) is 0.768. The Balaban J connectivity index is 1.90. The van der Waals surface area contributed by atoms with Crippen LogP contribution in [0, 0.1) is 0 Å². The monoisotopic (exact) mass is 229 g/mol. The van der Waals surface area contributed by atoms with E-state index in [0.717, 1.165) is 31.9 Å². The van der Waals surface area contributed by atoms with Crippen LogP contribution in [0.2, 0.25) is 0 Å². The van der Waals surface area contributed by atoms with Gasteiger partial charge in [-0.2, -0.15) is 0 Å². The molecule has 0 heterocycles. The second-order valence-electron chi connectivity index (χ2n) is 4.11. The van der Waals surface area contributed by atoms with E-state index in [2.05, 4.69) is 48.6 Å². The Morgan fingerprint density at radius 2 is 1.82 bits per heavy atom. The molecule has 2 aromatic rings. The van der Waals surface area contributed by atoms with Crippen LogP contribution in [0.15, 0.2) is 42.5 Å². The Morgan fingerprint density at radius 1 is 1.00 bits per heavy atom. The molecular formula is C15H19NO. The van der Waals surface area contributed by atoms with Gasteiger partial charge in [-0.05, 0) is 35.9 Å². The molecule has 2 aromatic carbocycles. The topological polar surface area (TPSA) is 21.3 Å². The number of hydrogen-bond donors (Lipinski definition) is 1. The van der Waals surface area contributed by atoms with Crippen molar-refractivity contribution in [3.8, 4) is 5.75 Å². The first-order valence-electron chi connectivity index (χ1n) is 6.22. The smallest absolute Gasteiger partial charge is 0.120 e. The fourth-order valence-electron chi connectivity index (χ4n) is 1.80. The standard InChI is InChI=1S/C15H19NO/c1-2-9-16-10-11-17-15-8-7-13-5-3-4-6-14(13)12-15/h3-8,12,16H,2,9-11H2,1H3. The van der Waals surface area contributed by atoms with Gasteiger partial charge in [0.05, 0.1) is 0 Å². The number of benzene rings is 2. The summed E-state index contributed by atoms with van der Waals surface area (Å²) in [6, 6.07) is 14.5. The Labute approximate surface area is 103 Å². The maximum Gasteiger partial charge on any atom is 0.120 e. The molecule has 90 valence electrons. The highest BCUT2D eigenvalue weighted by Gasteiger charge is 1.96. The van der Waals surface area contributed by atoms with E-state index in [1.165, 1.54) is 10.8 Å². The van der Waals surface area contributed by atoms with Crippen molar-refractivity contribution < 1.29 is 4.74 Å². The number of nitrogens with one attached hydrogen (secondary N) is 1. The number of rotatable bonds is 6. The van der Waals surface area contributed by atoms with Gasteiger partial charge < -0.3 is 10.1 Å². The summed E-state index contributed by atoms with van der Waals surface area (Å²) in [5, 5.41) is 5.80. The van der Waals surface area contributed by atoms with Crippen LogP contribution >= 0.6 is 0 Å². The van der Waals surface area contributed by atoms with Crippen LogP contribution in [0.5, 0.6) is 5.75 Å². The summed E-state index contributed by atoms with van der Waals surface area (Å²) in [6.07, 6.45) is 1.16. The molecule has 0 aliphatic carbocycles. The highest BCUT2D eigenvalue weighted by atomic mass is 16.5. The average Bonchev–Trinajstić information content (AvgIpc) is 2.38. The Hall–Kier alpha value is -1.54. The molecule has 2 heteroatoms. The maximum absolute atomic E-state index is 5.70. The van der Waals surface area contributed by atoms with Gasteiger partial charge in [-0.3, -0.25) is 0 Å². The molecule has 0 radical (unpaired) electrons. The summed E-state index contributed by atoms with van der Waals surface area (Å²) in [7, 11) is 0. The third-order valence-corrected chi connectivity index (χ3v) is 2.70. The van der Waals surface area contributed by atoms with E-state index in [1.807, 2.05) is 6.07 Å². The first kappa shape index (κ1) is 11.9. The molecule has 0 atom stereocenters. The largest absolute Gasteiger partial charge is 0.492 e. The molecule has 1 N–H and O–H groups in total. The maximum atomic E-state index is 5.70. The van der Waals surface area contributed by atoms with Crippen molar-refractivity contribution >= 4 is 10.8 Å². The van der Waals surface area contributed by atoms with E-state index in [9.17, 15) is 0 Å². The van der Waals surface area contributed by atoms with Gasteiger partial charge >= 0.3 is 0 Å². The SMILES string of the molecule is CCCNCCOc1ccc2ccccc2c1. The lowest BCUT2D eigenvalue weighted by molar-refractivity contribution is 0.314. The zero-order chi connectivity index (χ0) is 11.9. The van der Waals surface area contributed by atoms with Crippen LogP contribution in [0.25, 0.3) is 10.8 Å². The lowest BCUT2D eigenvalue weighted by atomic mass is 10.1. The Bertz CT molecular complexity index is 467. The Morgan fingerprint density at radius 3 is 2.65 bits per heavy atom. The lowest BCUT2D eigenvalue weighted by Crippen LogP contribution is -2.21. The first-order chi connectivity index (χ1) is 8.40. The highest BCUT2D eigenvalue weighted by molar-refractivity contribution is 5.83. The van der Waals surface area contributed by atoms with Gasteiger partial charge in [-0.15, -0.1) is 0 Å². The summed E-state index contributed by atoms with van der Waals surface area (Å²) in [5.74, 6) is 0.946. The van der Waals surface area contributed by atoms with Crippen molar-refractivity contribution in [1.82, 2.24) is 5.32 Å². The van der Waals surface area contributed by atoms with Crippen molar-refractivity contribution in [1.29, 1.82) is 0 Å². The molecule has 0 amide bonds. The molecule has 0 fully saturated rings. The van der Waals surface area contributed by atoms with Gasteiger partial charge in [0, 0.05) is 6.54 Å². The van der Waals surface area contributed by atoms with Gasteiger partial charge in [0.25, 0.3) is 0 Å². The van der Waals surface area contributed by atoms with Crippen LogP contribution in [-0.2, 0) is 0 Å². The summed E-state index contributed by atoms with van der Waals surface area (Å²) < 4.78 is 5.70. The Kier molecular flexibility index (Phi) is 4.39. The van der Waals surface area contributed by atoms with Crippen LogP contribution in [-0.4, -0.2) is 19.7 Å². The number of ether oxygens (including phenoxy) is 1. The van der Waals surface area contributed by atoms with Crippen molar-refractivity contribution in [3.63, 3.8) is 0 Å². The third-order valence-electron chi connectivity index (χ3n) is 2.70. The molecule has 0 bridgehead atoms. The van der Waals surface area contributed by atoms with Gasteiger partial charge in [-0.25, -0.2) is 0 Å². The molecule has 0 saturated heterocycles. The summed E-state index contributed by atoms with van der Waals surface area (Å²) in [5.41, 5.74) is 0. The van der Waals surface area contributed by atoms with E-state index in [4.69, 9.17) is 4.74 Å². The van der Waals surface area contributed by atoms with Crippen molar-refractivity contribution in [2.24, 2.45) is 0 Å². The molecule has 0 aliphatic rings. The summed E-state index contributed by atoms with van der Waals surface area (Å²) >= 11 is 0. The minimum atomic E-state index is 0.721. The second kappa shape index (κ2) is 6.26.